The van der Waals surface area contributed by atoms with E-state index in [1.165, 1.54) is 11.3 Å². The Labute approximate surface area is 139 Å². The summed E-state index contributed by atoms with van der Waals surface area (Å²) < 4.78 is 7.07. The van der Waals surface area contributed by atoms with Crippen LogP contribution in [0.3, 0.4) is 0 Å². The molecule has 124 valence electrons. The molecule has 1 saturated heterocycles. The van der Waals surface area contributed by atoms with E-state index in [2.05, 4.69) is 27.2 Å². The fourth-order valence-corrected chi connectivity index (χ4v) is 3.30. The number of ether oxygens (including phenoxy) is 1. The number of morpholine rings is 1. The molecule has 2 aromatic rings. The summed E-state index contributed by atoms with van der Waals surface area (Å²) in [6.07, 6.45) is 3.64. The quantitative estimate of drug-likeness (QED) is 0.882. The molecule has 3 rings (SSSR count). The number of rotatable bonds is 5. The molecule has 7 nitrogen and oxygen atoms in total. The fourth-order valence-electron chi connectivity index (χ4n) is 2.52. The number of aromatic nitrogens is 3. The normalized spacial score (nSPS) is 17.1. The number of hydrogen-bond donors (Lipinski definition) is 1. The minimum atomic E-state index is -0.128. The Kier molecular flexibility index (Phi) is 5.04. The van der Waals surface area contributed by atoms with Crippen LogP contribution in [0.1, 0.15) is 17.4 Å². The third kappa shape index (κ3) is 3.95. The second-order valence-corrected chi connectivity index (χ2v) is 6.51. The summed E-state index contributed by atoms with van der Waals surface area (Å²) in [4.78, 5) is 19.0. The minimum Gasteiger partial charge on any atom is -0.379 e. The van der Waals surface area contributed by atoms with Crippen LogP contribution in [0.2, 0.25) is 0 Å². The first kappa shape index (κ1) is 16.1. The first-order valence-electron chi connectivity index (χ1n) is 7.68. The van der Waals surface area contributed by atoms with Gasteiger partial charge in [0.2, 0.25) is 0 Å². The lowest BCUT2D eigenvalue weighted by atomic mass is 10.2. The maximum atomic E-state index is 12.3. The average Bonchev–Trinajstić information content (AvgIpc) is 3.22. The lowest BCUT2D eigenvalue weighted by Gasteiger charge is -2.32. The van der Waals surface area contributed by atoms with E-state index in [4.69, 9.17) is 4.74 Å². The topological polar surface area (TPSA) is 72.3 Å². The molecule has 0 radical (unpaired) electrons. The molecule has 1 unspecified atom stereocenters. The summed E-state index contributed by atoms with van der Waals surface area (Å²) in [6.45, 7) is 6.09. The molecular formula is C15H21N5O2S. The van der Waals surface area contributed by atoms with Crippen LogP contribution in [0.15, 0.2) is 17.8 Å². The highest BCUT2D eigenvalue weighted by atomic mass is 32.1. The molecule has 1 amide bonds. The van der Waals surface area contributed by atoms with Gasteiger partial charge < -0.3 is 10.1 Å². The van der Waals surface area contributed by atoms with Crippen molar-refractivity contribution in [2.75, 3.05) is 32.8 Å². The third-order valence-electron chi connectivity index (χ3n) is 3.92. The molecule has 2 aromatic heterocycles. The number of hydrogen-bond acceptors (Lipinski definition) is 6. The van der Waals surface area contributed by atoms with Gasteiger partial charge >= 0.3 is 0 Å². The van der Waals surface area contributed by atoms with Gasteiger partial charge in [-0.25, -0.2) is 4.98 Å². The average molecular weight is 335 g/mol. The van der Waals surface area contributed by atoms with E-state index in [1.54, 1.807) is 16.3 Å². The van der Waals surface area contributed by atoms with Crippen molar-refractivity contribution in [3.8, 4) is 10.6 Å². The molecule has 1 aliphatic heterocycles. The Morgan fingerprint density at radius 2 is 2.26 bits per heavy atom. The lowest BCUT2D eigenvalue weighted by Crippen LogP contribution is -2.47. The summed E-state index contributed by atoms with van der Waals surface area (Å²) in [5.74, 6) is -0.128. The summed E-state index contributed by atoms with van der Waals surface area (Å²) in [7, 11) is 1.86. The second kappa shape index (κ2) is 7.20. The number of amides is 1. The van der Waals surface area contributed by atoms with Gasteiger partial charge in [0.25, 0.3) is 5.91 Å². The molecule has 0 bridgehead atoms. The second-order valence-electron chi connectivity index (χ2n) is 5.65. The van der Waals surface area contributed by atoms with Crippen LogP contribution in [0.25, 0.3) is 10.6 Å². The van der Waals surface area contributed by atoms with Crippen molar-refractivity contribution in [1.82, 2.24) is 25.0 Å². The highest BCUT2D eigenvalue weighted by molar-refractivity contribution is 7.13. The van der Waals surface area contributed by atoms with E-state index in [9.17, 15) is 4.79 Å². The molecule has 0 aromatic carbocycles. The number of thiazole rings is 1. The van der Waals surface area contributed by atoms with E-state index in [1.807, 2.05) is 13.2 Å². The predicted octanol–water partition coefficient (Wildman–Crippen LogP) is 0.994. The van der Waals surface area contributed by atoms with Crippen molar-refractivity contribution in [3.05, 3.63) is 23.5 Å². The Bertz CT molecular complexity index is 662. The van der Waals surface area contributed by atoms with E-state index in [0.29, 0.717) is 18.3 Å². The van der Waals surface area contributed by atoms with Crippen molar-refractivity contribution >= 4 is 17.2 Å². The Morgan fingerprint density at radius 3 is 2.96 bits per heavy atom. The van der Waals surface area contributed by atoms with E-state index < -0.39 is 0 Å². The molecule has 3 heterocycles. The van der Waals surface area contributed by atoms with Gasteiger partial charge in [-0.15, -0.1) is 11.3 Å². The molecule has 1 atom stereocenters. The highest BCUT2D eigenvalue weighted by Gasteiger charge is 2.19. The molecule has 1 N–H and O–H groups in total. The van der Waals surface area contributed by atoms with Crippen molar-refractivity contribution in [1.29, 1.82) is 0 Å². The molecule has 23 heavy (non-hydrogen) atoms. The maximum Gasteiger partial charge on any atom is 0.270 e. The summed E-state index contributed by atoms with van der Waals surface area (Å²) in [5.41, 5.74) is 1.39. The number of carbonyl (C=O) groups is 1. The first-order chi connectivity index (χ1) is 11.1. The van der Waals surface area contributed by atoms with Crippen LogP contribution in [0, 0.1) is 0 Å². The number of nitrogens with one attached hydrogen (secondary N) is 1. The molecule has 0 saturated carbocycles. The molecule has 1 aliphatic rings. The van der Waals surface area contributed by atoms with E-state index in [-0.39, 0.29) is 5.91 Å². The van der Waals surface area contributed by atoms with Gasteiger partial charge in [0.05, 0.1) is 19.4 Å². The molecule has 0 spiro atoms. The smallest absolute Gasteiger partial charge is 0.270 e. The van der Waals surface area contributed by atoms with Crippen molar-refractivity contribution < 1.29 is 9.53 Å². The van der Waals surface area contributed by atoms with Crippen molar-refractivity contribution in [2.24, 2.45) is 7.05 Å². The summed E-state index contributed by atoms with van der Waals surface area (Å²) >= 11 is 1.45. The van der Waals surface area contributed by atoms with Crippen LogP contribution in [0.5, 0.6) is 0 Å². The molecule has 8 heteroatoms. The molecular weight excluding hydrogens is 314 g/mol. The monoisotopic (exact) mass is 335 g/mol. The Hall–Kier alpha value is -1.77. The SMILES string of the molecule is CC(CNC(=O)c1csc(-c2cnn(C)c2)n1)N1CCOCC1. The zero-order chi connectivity index (χ0) is 16.2. The van der Waals surface area contributed by atoms with Crippen LogP contribution >= 0.6 is 11.3 Å². The van der Waals surface area contributed by atoms with Crippen LogP contribution < -0.4 is 5.32 Å². The van der Waals surface area contributed by atoms with Crippen molar-refractivity contribution in [3.63, 3.8) is 0 Å². The summed E-state index contributed by atoms with van der Waals surface area (Å²) in [5, 5.41) is 9.69. The minimum absolute atomic E-state index is 0.128. The van der Waals surface area contributed by atoms with Crippen LogP contribution in [-0.2, 0) is 11.8 Å². The van der Waals surface area contributed by atoms with Gasteiger partial charge in [-0.1, -0.05) is 0 Å². The van der Waals surface area contributed by atoms with Gasteiger partial charge in [-0.3, -0.25) is 14.4 Å². The van der Waals surface area contributed by atoms with Crippen LogP contribution in [-0.4, -0.2) is 64.5 Å². The van der Waals surface area contributed by atoms with Gasteiger partial charge in [0.1, 0.15) is 10.7 Å². The lowest BCUT2D eigenvalue weighted by molar-refractivity contribution is 0.0204. The fraction of sp³-hybridized carbons (Fsp3) is 0.533. The summed E-state index contributed by atoms with van der Waals surface area (Å²) in [6, 6.07) is 0.291. The van der Waals surface area contributed by atoms with E-state index in [0.717, 1.165) is 36.9 Å². The first-order valence-corrected chi connectivity index (χ1v) is 8.56. The number of aryl methyl sites for hydroxylation is 1. The third-order valence-corrected chi connectivity index (χ3v) is 4.81. The zero-order valence-corrected chi connectivity index (χ0v) is 14.2. The van der Waals surface area contributed by atoms with Crippen molar-refractivity contribution in [2.45, 2.75) is 13.0 Å². The van der Waals surface area contributed by atoms with Gasteiger partial charge in [-0.05, 0) is 6.92 Å². The maximum absolute atomic E-state index is 12.3. The molecule has 0 aliphatic carbocycles. The zero-order valence-electron chi connectivity index (χ0n) is 13.4. The van der Waals surface area contributed by atoms with Gasteiger partial charge in [0.15, 0.2) is 0 Å². The molecule has 1 fully saturated rings. The van der Waals surface area contributed by atoms with E-state index >= 15 is 0 Å². The number of nitrogens with zero attached hydrogens (tertiary/aromatic N) is 4. The van der Waals surface area contributed by atoms with Crippen LogP contribution in [0.4, 0.5) is 0 Å². The highest BCUT2D eigenvalue weighted by Crippen LogP contribution is 2.22. The number of carbonyl (C=O) groups excluding carboxylic acids is 1. The predicted molar refractivity (Wildman–Crippen MR) is 88.5 cm³/mol. The Balaban J connectivity index is 1.55. The standard InChI is InChI=1S/C15H21N5O2S/c1-11(20-3-5-22-6-4-20)7-16-14(21)13-10-23-15(18-13)12-8-17-19(2)9-12/h8-11H,3-7H2,1-2H3,(H,16,21). The Morgan fingerprint density at radius 1 is 1.48 bits per heavy atom. The van der Waals surface area contributed by atoms with Gasteiger partial charge in [0, 0.05) is 49.9 Å². The largest absolute Gasteiger partial charge is 0.379 e. The van der Waals surface area contributed by atoms with Gasteiger partial charge in [-0.2, -0.15) is 5.10 Å².